The lowest BCUT2D eigenvalue weighted by atomic mass is 10.2. The Morgan fingerprint density at radius 3 is 2.68 bits per heavy atom. The quantitative estimate of drug-likeness (QED) is 0.855. The van der Waals surface area contributed by atoms with Gasteiger partial charge in [-0.15, -0.1) is 0 Å². The molecule has 0 saturated heterocycles. The van der Waals surface area contributed by atoms with Crippen LogP contribution in [0, 0.1) is 6.92 Å². The highest BCUT2D eigenvalue weighted by Gasteiger charge is 2.13. The lowest BCUT2D eigenvalue weighted by Crippen LogP contribution is -2.07. The Hall–Kier alpha value is -1.84. The standard InChI is InChI=1S/C15H21N3O/c1-4-5-6-14-17-15(19-18-14)12(3)16-13-9-7-11(2)8-10-13/h7-10,12,16H,4-6H2,1-3H3. The van der Waals surface area contributed by atoms with Crippen LogP contribution < -0.4 is 5.32 Å². The SMILES string of the molecule is CCCCc1noc(C(C)Nc2ccc(C)cc2)n1. The number of hydrogen-bond donors (Lipinski definition) is 1. The molecule has 0 radical (unpaired) electrons. The number of nitrogens with zero attached hydrogens (tertiary/aromatic N) is 2. The molecule has 4 heteroatoms. The predicted molar refractivity (Wildman–Crippen MR) is 76.1 cm³/mol. The molecule has 0 aliphatic heterocycles. The van der Waals surface area contributed by atoms with Crippen LogP contribution in [0.3, 0.4) is 0 Å². The van der Waals surface area contributed by atoms with Gasteiger partial charge in [0.2, 0.25) is 5.89 Å². The molecular weight excluding hydrogens is 238 g/mol. The van der Waals surface area contributed by atoms with Crippen molar-refractivity contribution in [2.45, 2.75) is 46.1 Å². The molecule has 0 spiro atoms. The van der Waals surface area contributed by atoms with Gasteiger partial charge in [0.1, 0.15) is 6.04 Å². The summed E-state index contributed by atoms with van der Waals surface area (Å²) < 4.78 is 5.30. The molecule has 1 aromatic carbocycles. The van der Waals surface area contributed by atoms with Crippen molar-refractivity contribution in [1.82, 2.24) is 10.1 Å². The van der Waals surface area contributed by atoms with Crippen molar-refractivity contribution < 1.29 is 4.52 Å². The van der Waals surface area contributed by atoms with Crippen LogP contribution in [-0.4, -0.2) is 10.1 Å². The summed E-state index contributed by atoms with van der Waals surface area (Å²) >= 11 is 0. The Bertz CT molecular complexity index is 504. The number of rotatable bonds is 6. The first-order valence-corrected chi connectivity index (χ1v) is 6.84. The number of unbranched alkanes of at least 4 members (excludes halogenated alkanes) is 1. The number of aryl methyl sites for hydroxylation is 2. The molecule has 0 bridgehead atoms. The van der Waals surface area contributed by atoms with E-state index in [1.807, 2.05) is 6.92 Å². The molecular formula is C15H21N3O. The third-order valence-corrected chi connectivity index (χ3v) is 3.04. The van der Waals surface area contributed by atoms with Crippen LogP contribution in [0.15, 0.2) is 28.8 Å². The van der Waals surface area contributed by atoms with E-state index < -0.39 is 0 Å². The van der Waals surface area contributed by atoms with Crippen LogP contribution in [0.5, 0.6) is 0 Å². The minimum absolute atomic E-state index is 0.0191. The maximum absolute atomic E-state index is 5.30. The Labute approximate surface area is 114 Å². The van der Waals surface area contributed by atoms with Gasteiger partial charge in [-0.05, 0) is 32.4 Å². The largest absolute Gasteiger partial charge is 0.374 e. The third-order valence-electron chi connectivity index (χ3n) is 3.04. The zero-order chi connectivity index (χ0) is 13.7. The van der Waals surface area contributed by atoms with Gasteiger partial charge in [0, 0.05) is 12.1 Å². The van der Waals surface area contributed by atoms with E-state index >= 15 is 0 Å². The maximum Gasteiger partial charge on any atom is 0.248 e. The van der Waals surface area contributed by atoms with Gasteiger partial charge in [0.15, 0.2) is 5.82 Å². The second-order valence-corrected chi connectivity index (χ2v) is 4.88. The maximum atomic E-state index is 5.30. The first-order valence-electron chi connectivity index (χ1n) is 6.84. The lowest BCUT2D eigenvalue weighted by Gasteiger charge is -2.11. The van der Waals surface area contributed by atoms with Crippen molar-refractivity contribution in [3.63, 3.8) is 0 Å². The Morgan fingerprint density at radius 1 is 1.26 bits per heavy atom. The summed E-state index contributed by atoms with van der Waals surface area (Å²) in [7, 11) is 0. The molecule has 19 heavy (non-hydrogen) atoms. The summed E-state index contributed by atoms with van der Waals surface area (Å²) in [4.78, 5) is 4.42. The molecule has 1 heterocycles. The molecule has 0 fully saturated rings. The minimum atomic E-state index is 0.0191. The van der Waals surface area contributed by atoms with Gasteiger partial charge in [0.25, 0.3) is 0 Å². The van der Waals surface area contributed by atoms with Crippen molar-refractivity contribution in [3.05, 3.63) is 41.5 Å². The number of hydrogen-bond acceptors (Lipinski definition) is 4. The molecule has 1 atom stereocenters. The Morgan fingerprint density at radius 2 is 2.00 bits per heavy atom. The predicted octanol–water partition coefficient (Wildman–Crippen LogP) is 3.89. The molecule has 0 aliphatic carbocycles. The fraction of sp³-hybridized carbons (Fsp3) is 0.467. The molecule has 102 valence electrons. The molecule has 2 aromatic rings. The highest BCUT2D eigenvalue weighted by atomic mass is 16.5. The van der Waals surface area contributed by atoms with E-state index in [1.54, 1.807) is 0 Å². The van der Waals surface area contributed by atoms with Crippen molar-refractivity contribution in [2.24, 2.45) is 0 Å². The summed E-state index contributed by atoms with van der Waals surface area (Å²) in [5.41, 5.74) is 2.31. The van der Waals surface area contributed by atoms with E-state index in [1.165, 1.54) is 5.56 Å². The molecule has 0 amide bonds. The lowest BCUT2D eigenvalue weighted by molar-refractivity contribution is 0.362. The molecule has 0 saturated carbocycles. The second kappa shape index (κ2) is 6.36. The summed E-state index contributed by atoms with van der Waals surface area (Å²) in [6.07, 6.45) is 3.12. The first-order chi connectivity index (χ1) is 9.19. The molecule has 1 N–H and O–H groups in total. The smallest absolute Gasteiger partial charge is 0.248 e. The fourth-order valence-electron chi connectivity index (χ4n) is 1.84. The van der Waals surface area contributed by atoms with Gasteiger partial charge in [0.05, 0.1) is 0 Å². The average Bonchev–Trinajstić information content (AvgIpc) is 2.88. The van der Waals surface area contributed by atoms with Crippen LogP contribution in [0.2, 0.25) is 0 Å². The van der Waals surface area contributed by atoms with Gasteiger partial charge in [-0.2, -0.15) is 4.98 Å². The molecule has 0 aliphatic rings. The van der Waals surface area contributed by atoms with Gasteiger partial charge < -0.3 is 9.84 Å². The first kappa shape index (κ1) is 13.6. The number of nitrogens with one attached hydrogen (secondary N) is 1. The van der Waals surface area contributed by atoms with Crippen molar-refractivity contribution in [3.8, 4) is 0 Å². The summed E-state index contributed by atoms with van der Waals surface area (Å²) in [6, 6.07) is 8.29. The second-order valence-electron chi connectivity index (χ2n) is 4.88. The molecule has 4 nitrogen and oxygen atoms in total. The van der Waals surface area contributed by atoms with E-state index in [0.717, 1.165) is 30.8 Å². The van der Waals surface area contributed by atoms with E-state index in [2.05, 4.69) is 53.6 Å². The van der Waals surface area contributed by atoms with Crippen molar-refractivity contribution in [2.75, 3.05) is 5.32 Å². The van der Waals surface area contributed by atoms with Gasteiger partial charge in [-0.1, -0.05) is 36.2 Å². The molecule has 1 aromatic heterocycles. The zero-order valence-electron chi connectivity index (χ0n) is 11.8. The third kappa shape index (κ3) is 3.81. The number of benzene rings is 1. The summed E-state index contributed by atoms with van der Waals surface area (Å²) in [5.74, 6) is 1.45. The Balaban J connectivity index is 1.97. The van der Waals surface area contributed by atoms with Crippen LogP contribution in [0.1, 0.15) is 50.0 Å². The van der Waals surface area contributed by atoms with Crippen LogP contribution in [0.4, 0.5) is 5.69 Å². The monoisotopic (exact) mass is 259 g/mol. The van der Waals surface area contributed by atoms with E-state index in [9.17, 15) is 0 Å². The van der Waals surface area contributed by atoms with Crippen molar-refractivity contribution >= 4 is 5.69 Å². The zero-order valence-corrected chi connectivity index (χ0v) is 11.8. The number of aromatic nitrogens is 2. The molecule has 1 unspecified atom stereocenters. The van der Waals surface area contributed by atoms with Crippen molar-refractivity contribution in [1.29, 1.82) is 0 Å². The number of anilines is 1. The Kier molecular flexibility index (Phi) is 4.55. The fourth-order valence-corrected chi connectivity index (χ4v) is 1.84. The van der Waals surface area contributed by atoms with E-state index in [4.69, 9.17) is 4.52 Å². The average molecular weight is 259 g/mol. The summed E-state index contributed by atoms with van der Waals surface area (Å²) in [6.45, 7) is 6.25. The topological polar surface area (TPSA) is 51.0 Å². The highest BCUT2D eigenvalue weighted by Crippen LogP contribution is 2.18. The van der Waals surface area contributed by atoms with Crippen LogP contribution in [-0.2, 0) is 6.42 Å². The van der Waals surface area contributed by atoms with Gasteiger partial charge in [-0.25, -0.2) is 0 Å². The van der Waals surface area contributed by atoms with Gasteiger partial charge in [-0.3, -0.25) is 0 Å². The normalized spacial score (nSPS) is 12.4. The van der Waals surface area contributed by atoms with E-state index in [0.29, 0.717) is 5.89 Å². The van der Waals surface area contributed by atoms with E-state index in [-0.39, 0.29) is 6.04 Å². The minimum Gasteiger partial charge on any atom is -0.374 e. The van der Waals surface area contributed by atoms with Gasteiger partial charge >= 0.3 is 0 Å². The molecule has 2 rings (SSSR count). The van der Waals surface area contributed by atoms with Crippen LogP contribution >= 0.6 is 0 Å². The summed E-state index contributed by atoms with van der Waals surface area (Å²) in [5, 5.41) is 7.36. The highest BCUT2D eigenvalue weighted by molar-refractivity contribution is 5.45. The van der Waals surface area contributed by atoms with Crippen LogP contribution in [0.25, 0.3) is 0 Å².